The van der Waals surface area contributed by atoms with Gasteiger partial charge in [-0.25, -0.2) is 0 Å². The number of aliphatic hydroxyl groups excluding tert-OH is 2. The summed E-state index contributed by atoms with van der Waals surface area (Å²) in [6.45, 7) is 2.26. The Morgan fingerprint density at radius 2 is 1.48 bits per heavy atom. The molecule has 134 valence electrons. The van der Waals surface area contributed by atoms with Crippen LogP contribution in [-0.2, 0) is 53.0 Å². The van der Waals surface area contributed by atoms with Crippen LogP contribution in [0, 0.1) is 5.92 Å². The number of carbonyl (C=O) groups is 3. The van der Waals surface area contributed by atoms with Crippen molar-refractivity contribution >= 4 is 17.9 Å². The van der Waals surface area contributed by atoms with Crippen LogP contribution in [0.15, 0.2) is 0 Å². The number of methoxy groups -OCH3 is 1. The van der Waals surface area contributed by atoms with Crippen LogP contribution in [0.3, 0.4) is 0 Å². The van der Waals surface area contributed by atoms with Crippen LogP contribution >= 0.6 is 0 Å². The van der Waals surface area contributed by atoms with Gasteiger partial charge in [0.25, 0.3) is 0 Å². The second-order valence-electron chi connectivity index (χ2n) is 4.63. The fourth-order valence-electron chi connectivity index (χ4n) is 2.23. The monoisotopic (exact) mass is 514 g/mol. The Morgan fingerprint density at radius 3 is 1.87 bits per heavy atom. The molecule has 1 saturated carbocycles. The van der Waals surface area contributed by atoms with E-state index < -0.39 is 65.6 Å². The van der Waals surface area contributed by atoms with Gasteiger partial charge >= 0.3 is 42.3 Å². The number of esters is 3. The van der Waals surface area contributed by atoms with E-state index in [-0.39, 0.29) is 6.42 Å². The van der Waals surface area contributed by atoms with Crippen LogP contribution in [-0.4, -0.2) is 59.6 Å². The molecule has 0 radical (unpaired) electrons. The van der Waals surface area contributed by atoms with Crippen molar-refractivity contribution in [1.29, 1.82) is 0 Å². The van der Waals surface area contributed by atoms with Gasteiger partial charge in [-0.15, -0.1) is 0 Å². The van der Waals surface area contributed by atoms with Crippen molar-refractivity contribution in [2.24, 2.45) is 5.92 Å². The molecule has 11 heteroatoms. The topological polar surface area (TPSA) is 154 Å². The van der Waals surface area contributed by atoms with E-state index in [1.165, 1.54) is 0 Å². The van der Waals surface area contributed by atoms with Crippen LogP contribution in [0.2, 0.25) is 0 Å². The second kappa shape index (κ2) is 10.4. The summed E-state index contributed by atoms with van der Waals surface area (Å²) in [6, 6.07) is 0. The third-order valence-corrected chi connectivity index (χ3v) is 3.07. The molecular weight excluding hydrogens is 494 g/mol. The van der Waals surface area contributed by atoms with Gasteiger partial charge in [0.15, 0.2) is 0 Å². The summed E-state index contributed by atoms with van der Waals surface area (Å²) in [4.78, 5) is 33.7. The Kier molecular flexibility index (Phi) is 9.72. The normalized spacial score (nSPS) is 29.5. The zero-order valence-corrected chi connectivity index (χ0v) is 15.1. The van der Waals surface area contributed by atoms with E-state index in [1.807, 2.05) is 0 Å². The van der Waals surface area contributed by atoms with Gasteiger partial charge in [-0.2, -0.15) is 0 Å². The summed E-state index contributed by atoms with van der Waals surface area (Å²) in [5.74, 6) is -3.11. The second-order valence-corrected chi connectivity index (χ2v) is 5.05. The van der Waals surface area contributed by atoms with Gasteiger partial charge in [0.05, 0.1) is 7.11 Å². The Hall–Kier alpha value is -1.43. The molecule has 5 atom stereocenters. The van der Waals surface area contributed by atoms with Gasteiger partial charge in [0.2, 0.25) is 0 Å². The molecule has 0 aromatic rings. The number of aliphatic hydroxyl groups is 2. The molecule has 5 unspecified atom stereocenters. The van der Waals surface area contributed by atoms with Crippen LogP contribution < -0.4 is 0 Å². The Balaban J connectivity index is 0.00000149. The Labute approximate surface area is 139 Å². The van der Waals surface area contributed by atoms with Crippen LogP contribution in [0.25, 0.3) is 0 Å². The molecule has 0 aromatic carbocycles. The van der Waals surface area contributed by atoms with E-state index in [0.717, 1.165) is 21.0 Å². The van der Waals surface area contributed by atoms with Crippen LogP contribution in [0.5, 0.6) is 0 Å². The fourth-order valence-corrected chi connectivity index (χ4v) is 2.23. The first-order valence-electron chi connectivity index (χ1n) is 6.35. The van der Waals surface area contributed by atoms with Crippen molar-refractivity contribution in [3.05, 3.63) is 0 Å². The molecule has 1 aliphatic carbocycles. The molecule has 0 heterocycles. The van der Waals surface area contributed by atoms with Gasteiger partial charge in [-0.3, -0.25) is 14.4 Å². The number of hydrogen-bond donors (Lipinski definition) is 2. The van der Waals surface area contributed by atoms with E-state index in [0.29, 0.717) is 0 Å². The van der Waals surface area contributed by atoms with Gasteiger partial charge in [-0.05, 0) is 0 Å². The Bertz CT molecular complexity index is 472. The average molecular weight is 512 g/mol. The van der Waals surface area contributed by atoms with Gasteiger partial charge in [-0.1, -0.05) is 0 Å². The predicted molar refractivity (Wildman–Crippen MR) is 64.6 cm³/mol. The van der Waals surface area contributed by atoms with E-state index in [2.05, 4.69) is 4.74 Å². The standard InChI is InChI=1S/C12H18O8.2O.Os/c1-5(13)19-8-4-7(12(17)18-3)11(20-6(2)14)10(16)9(8)15;;;/h7-11,15-16H,4H2,1-3H3;;;. The third-order valence-electron chi connectivity index (χ3n) is 3.07. The molecule has 1 rings (SSSR count). The first-order chi connectivity index (χ1) is 10.7. The number of carbonyl (C=O) groups excluding carboxylic acids is 3. The van der Waals surface area contributed by atoms with E-state index >= 15 is 0 Å². The average Bonchev–Trinajstić information content (AvgIpc) is 2.46. The SMILES string of the molecule is COC(=O)C1CC(OC(C)=O)C(O)C(O)C1OC(C)=O.[O]=[Os]=[O]. The molecule has 0 aromatic heterocycles. The van der Waals surface area contributed by atoms with Crippen LogP contribution in [0.1, 0.15) is 20.3 Å². The molecule has 0 bridgehead atoms. The molecule has 2 N–H and O–H groups in total. The quantitative estimate of drug-likeness (QED) is 0.338. The fraction of sp³-hybridized carbons (Fsp3) is 0.750. The van der Waals surface area contributed by atoms with Crippen molar-refractivity contribution < 1.29 is 63.2 Å². The van der Waals surface area contributed by atoms with Crippen molar-refractivity contribution in [1.82, 2.24) is 0 Å². The minimum absolute atomic E-state index is 0.109. The first-order valence-corrected chi connectivity index (χ1v) is 8.42. The first kappa shape index (κ1) is 21.6. The van der Waals surface area contributed by atoms with Crippen molar-refractivity contribution in [2.75, 3.05) is 7.11 Å². The summed E-state index contributed by atoms with van der Waals surface area (Å²) in [7, 11) is 1.14. The zero-order chi connectivity index (χ0) is 18.2. The summed E-state index contributed by atoms with van der Waals surface area (Å²) < 4.78 is 31.3. The van der Waals surface area contributed by atoms with Gasteiger partial charge in [0.1, 0.15) is 30.3 Å². The third kappa shape index (κ3) is 6.68. The maximum absolute atomic E-state index is 11.7. The molecular formula is C12H18O10Os. The van der Waals surface area contributed by atoms with Crippen molar-refractivity contribution in [3.8, 4) is 0 Å². The summed E-state index contributed by atoms with van der Waals surface area (Å²) in [5.41, 5.74) is 0. The summed E-state index contributed by atoms with van der Waals surface area (Å²) in [6.07, 6.45) is -5.44. The number of hydrogen-bond acceptors (Lipinski definition) is 10. The Morgan fingerprint density at radius 1 is 1.00 bits per heavy atom. The summed E-state index contributed by atoms with van der Waals surface area (Å²) >= 11 is -2.08. The molecule has 1 aliphatic rings. The zero-order valence-electron chi connectivity index (χ0n) is 12.6. The van der Waals surface area contributed by atoms with Gasteiger partial charge < -0.3 is 24.4 Å². The maximum atomic E-state index is 11.7. The predicted octanol–water partition coefficient (Wildman–Crippen LogP) is -1.48. The molecule has 0 saturated heterocycles. The molecule has 23 heavy (non-hydrogen) atoms. The minimum atomic E-state index is -2.08. The molecule has 0 aliphatic heterocycles. The van der Waals surface area contributed by atoms with E-state index in [4.69, 9.17) is 16.6 Å². The molecule has 0 amide bonds. The number of rotatable bonds is 3. The van der Waals surface area contributed by atoms with Crippen molar-refractivity contribution in [3.63, 3.8) is 0 Å². The van der Waals surface area contributed by atoms with E-state index in [9.17, 15) is 24.6 Å². The molecule has 1 fully saturated rings. The van der Waals surface area contributed by atoms with Gasteiger partial charge in [0, 0.05) is 20.3 Å². The number of ether oxygens (including phenoxy) is 3. The molecule has 0 spiro atoms. The van der Waals surface area contributed by atoms with E-state index in [1.54, 1.807) is 0 Å². The van der Waals surface area contributed by atoms with Crippen LogP contribution in [0.4, 0.5) is 0 Å². The summed E-state index contributed by atoms with van der Waals surface area (Å²) in [5, 5.41) is 19.8. The molecule has 10 nitrogen and oxygen atoms in total. The van der Waals surface area contributed by atoms with Crippen molar-refractivity contribution in [2.45, 2.75) is 44.7 Å².